The minimum Gasteiger partial charge on any atom is -0.507 e. The lowest BCUT2D eigenvalue weighted by Gasteiger charge is -2.18. The van der Waals surface area contributed by atoms with E-state index < -0.39 is 17.8 Å². The van der Waals surface area contributed by atoms with E-state index in [2.05, 4.69) is 22.8 Å². The first-order valence-electron chi connectivity index (χ1n) is 9.64. The number of fused-ring (bicyclic) bond motifs is 1. The van der Waals surface area contributed by atoms with Gasteiger partial charge in [0.15, 0.2) is 0 Å². The van der Waals surface area contributed by atoms with Crippen LogP contribution in [0.3, 0.4) is 0 Å². The van der Waals surface area contributed by atoms with Gasteiger partial charge >= 0.3 is 17.8 Å². The highest BCUT2D eigenvalue weighted by Gasteiger charge is 2.30. The molecule has 158 valence electrons. The number of nitrogens with zero attached hydrogens (tertiary/aromatic N) is 1. The molecule has 0 unspecified atom stereocenters. The molecule has 1 atom stereocenters. The topological polar surface area (TPSA) is 117 Å². The van der Waals surface area contributed by atoms with E-state index in [1.54, 1.807) is 25.1 Å². The molecular formula is C21H23N3O5S. The number of esters is 1. The summed E-state index contributed by atoms with van der Waals surface area (Å²) >= 11 is 1.30. The maximum Gasteiger partial charge on any atom is 0.341 e. The highest BCUT2D eigenvalue weighted by atomic mass is 32.1. The number of hydrazone groups is 1. The summed E-state index contributed by atoms with van der Waals surface area (Å²) in [4.78, 5) is 38.0. The van der Waals surface area contributed by atoms with Crippen LogP contribution in [0.4, 0.5) is 5.00 Å². The smallest absolute Gasteiger partial charge is 0.341 e. The van der Waals surface area contributed by atoms with E-state index in [4.69, 9.17) is 4.74 Å². The van der Waals surface area contributed by atoms with Crippen LogP contribution in [0.25, 0.3) is 0 Å². The number of carbonyl (C=O) groups excluding carboxylic acids is 3. The van der Waals surface area contributed by atoms with Gasteiger partial charge in [-0.1, -0.05) is 19.1 Å². The number of hydrogen-bond acceptors (Lipinski definition) is 7. The number of carbonyl (C=O) groups is 3. The normalized spacial score (nSPS) is 15.5. The fourth-order valence-electron chi connectivity index (χ4n) is 3.23. The number of nitrogens with one attached hydrogen (secondary N) is 2. The number of hydrogen-bond donors (Lipinski definition) is 3. The van der Waals surface area contributed by atoms with E-state index in [0.29, 0.717) is 22.0 Å². The highest BCUT2D eigenvalue weighted by Crippen LogP contribution is 2.40. The zero-order chi connectivity index (χ0) is 21.7. The number of phenols is 1. The predicted molar refractivity (Wildman–Crippen MR) is 114 cm³/mol. The number of aromatic hydroxyl groups is 1. The molecule has 0 saturated carbocycles. The fraction of sp³-hybridized carbons (Fsp3) is 0.333. The van der Waals surface area contributed by atoms with Crippen molar-refractivity contribution in [2.75, 3.05) is 11.9 Å². The fourth-order valence-corrected chi connectivity index (χ4v) is 4.62. The summed E-state index contributed by atoms with van der Waals surface area (Å²) in [6.45, 7) is 4.07. The lowest BCUT2D eigenvalue weighted by atomic mass is 9.88. The Kier molecular flexibility index (Phi) is 6.83. The van der Waals surface area contributed by atoms with Crippen molar-refractivity contribution in [3.63, 3.8) is 0 Å². The summed E-state index contributed by atoms with van der Waals surface area (Å²) in [6, 6.07) is 6.44. The van der Waals surface area contributed by atoms with Gasteiger partial charge in [0.05, 0.1) is 18.4 Å². The zero-order valence-electron chi connectivity index (χ0n) is 16.7. The summed E-state index contributed by atoms with van der Waals surface area (Å²) < 4.78 is 5.16. The molecule has 2 amide bonds. The second-order valence-corrected chi connectivity index (χ2v) is 8.09. The average molecular weight is 429 g/mol. The van der Waals surface area contributed by atoms with Crippen LogP contribution in [0.1, 0.15) is 46.6 Å². The molecule has 30 heavy (non-hydrogen) atoms. The summed E-state index contributed by atoms with van der Waals surface area (Å²) in [5, 5.41) is 16.2. The molecule has 1 heterocycles. The maximum absolute atomic E-state index is 12.5. The van der Waals surface area contributed by atoms with Crippen LogP contribution in [-0.4, -0.2) is 35.7 Å². The number of ether oxygens (including phenoxy) is 1. The molecule has 3 N–H and O–H groups in total. The number of thiophene rings is 1. The molecule has 0 saturated heterocycles. The minimum absolute atomic E-state index is 0.00239. The number of rotatable bonds is 5. The van der Waals surface area contributed by atoms with Crippen LogP contribution >= 0.6 is 11.3 Å². The third-order valence-corrected chi connectivity index (χ3v) is 5.90. The van der Waals surface area contributed by atoms with Gasteiger partial charge in [-0.3, -0.25) is 9.59 Å². The summed E-state index contributed by atoms with van der Waals surface area (Å²) in [5.41, 5.74) is 3.74. The van der Waals surface area contributed by atoms with Crippen molar-refractivity contribution in [3.8, 4) is 5.75 Å². The Labute approximate surface area is 177 Å². The molecule has 0 radical (unpaired) electrons. The number of para-hydroxylation sites is 1. The quantitative estimate of drug-likeness (QED) is 0.292. The van der Waals surface area contributed by atoms with Crippen molar-refractivity contribution in [1.82, 2.24) is 5.43 Å². The number of benzene rings is 1. The SMILES string of the molecule is CCOC(=O)c1c(NC(=O)C(=O)N/N=C\c2ccccc2O)sc2c1CC[C@@H](C)C2. The van der Waals surface area contributed by atoms with Crippen LogP contribution in [-0.2, 0) is 27.2 Å². The first-order chi connectivity index (χ1) is 14.4. The first-order valence-corrected chi connectivity index (χ1v) is 10.5. The van der Waals surface area contributed by atoms with Crippen molar-refractivity contribution in [2.24, 2.45) is 11.0 Å². The van der Waals surface area contributed by atoms with Crippen LogP contribution in [0, 0.1) is 5.92 Å². The lowest BCUT2D eigenvalue weighted by Crippen LogP contribution is -2.32. The minimum atomic E-state index is -0.990. The number of anilines is 1. The van der Waals surface area contributed by atoms with Gasteiger partial charge in [-0.2, -0.15) is 5.10 Å². The Bertz CT molecular complexity index is 999. The number of amides is 2. The van der Waals surface area contributed by atoms with Gasteiger partial charge in [0.1, 0.15) is 10.8 Å². The van der Waals surface area contributed by atoms with E-state index in [-0.39, 0.29) is 12.4 Å². The molecule has 0 aliphatic heterocycles. The average Bonchev–Trinajstić information content (AvgIpc) is 3.06. The highest BCUT2D eigenvalue weighted by molar-refractivity contribution is 7.17. The third-order valence-electron chi connectivity index (χ3n) is 4.73. The van der Waals surface area contributed by atoms with Crippen LogP contribution < -0.4 is 10.7 Å². The van der Waals surface area contributed by atoms with Gasteiger partial charge in [-0.25, -0.2) is 10.2 Å². The summed E-state index contributed by atoms with van der Waals surface area (Å²) in [7, 11) is 0. The Morgan fingerprint density at radius 2 is 2.07 bits per heavy atom. The van der Waals surface area contributed by atoms with Gasteiger partial charge in [-0.15, -0.1) is 11.3 Å². The molecule has 1 aromatic heterocycles. The molecule has 1 aliphatic carbocycles. The second-order valence-electron chi connectivity index (χ2n) is 6.99. The largest absolute Gasteiger partial charge is 0.507 e. The standard InChI is InChI=1S/C21H23N3O5S/c1-3-29-21(28)17-14-9-8-12(2)10-16(14)30-20(17)23-18(26)19(27)24-22-11-13-6-4-5-7-15(13)25/h4-7,11-12,25H,3,8-10H2,1-2H3,(H,23,26)(H,24,27)/b22-11-/t12-/m1/s1. The van der Waals surface area contributed by atoms with Gasteiger partial charge in [0.25, 0.3) is 0 Å². The lowest BCUT2D eigenvalue weighted by molar-refractivity contribution is -0.136. The van der Waals surface area contributed by atoms with E-state index >= 15 is 0 Å². The van der Waals surface area contributed by atoms with E-state index in [1.165, 1.54) is 23.6 Å². The summed E-state index contributed by atoms with van der Waals surface area (Å²) in [5.74, 6) is -1.95. The molecule has 3 rings (SSSR count). The molecule has 2 aromatic rings. The number of phenolic OH excluding ortho intramolecular Hbond substituents is 1. The van der Waals surface area contributed by atoms with E-state index in [0.717, 1.165) is 29.7 Å². The Balaban J connectivity index is 1.73. The Morgan fingerprint density at radius 3 is 2.80 bits per heavy atom. The summed E-state index contributed by atoms with van der Waals surface area (Å²) in [6.07, 6.45) is 3.73. The molecule has 9 heteroatoms. The van der Waals surface area contributed by atoms with Crippen LogP contribution in [0.2, 0.25) is 0 Å². The monoisotopic (exact) mass is 429 g/mol. The first kappa shape index (κ1) is 21.5. The maximum atomic E-state index is 12.5. The predicted octanol–water partition coefficient (Wildman–Crippen LogP) is 2.84. The molecule has 0 fully saturated rings. The van der Waals surface area contributed by atoms with Crippen LogP contribution in [0.15, 0.2) is 29.4 Å². The molecule has 0 spiro atoms. The molecule has 0 bridgehead atoms. The van der Waals surface area contributed by atoms with Gasteiger partial charge in [0, 0.05) is 10.4 Å². The zero-order valence-corrected chi connectivity index (χ0v) is 17.5. The Hall–Kier alpha value is -3.20. The Morgan fingerprint density at radius 1 is 1.30 bits per heavy atom. The van der Waals surface area contributed by atoms with E-state index in [9.17, 15) is 19.5 Å². The molecule has 1 aromatic carbocycles. The van der Waals surface area contributed by atoms with Gasteiger partial charge in [0.2, 0.25) is 0 Å². The van der Waals surface area contributed by atoms with Crippen molar-refractivity contribution < 1.29 is 24.2 Å². The van der Waals surface area contributed by atoms with E-state index in [1.807, 2.05) is 0 Å². The van der Waals surface area contributed by atoms with Crippen LogP contribution in [0.5, 0.6) is 5.75 Å². The van der Waals surface area contributed by atoms with Crippen molar-refractivity contribution in [3.05, 3.63) is 45.8 Å². The third kappa shape index (κ3) is 4.85. The molecule has 1 aliphatic rings. The molecule has 8 nitrogen and oxygen atoms in total. The van der Waals surface area contributed by atoms with Crippen molar-refractivity contribution in [1.29, 1.82) is 0 Å². The second kappa shape index (κ2) is 9.53. The van der Waals surface area contributed by atoms with Crippen molar-refractivity contribution >= 4 is 40.3 Å². The molecular weight excluding hydrogens is 406 g/mol. The van der Waals surface area contributed by atoms with Gasteiger partial charge < -0.3 is 15.2 Å². The van der Waals surface area contributed by atoms with Gasteiger partial charge in [-0.05, 0) is 49.8 Å². The van der Waals surface area contributed by atoms with Crippen molar-refractivity contribution in [2.45, 2.75) is 33.1 Å².